The summed E-state index contributed by atoms with van der Waals surface area (Å²) in [4.78, 5) is 61.8. The van der Waals surface area contributed by atoms with Crippen LogP contribution in [0.25, 0.3) is 0 Å². The van der Waals surface area contributed by atoms with E-state index in [4.69, 9.17) is 29.0 Å². The Morgan fingerprint density at radius 1 is 0.761 bits per heavy atom. The highest BCUT2D eigenvalue weighted by molar-refractivity contribution is 7.61. The van der Waals surface area contributed by atoms with Crippen molar-refractivity contribution in [3.8, 4) is 0 Å². The van der Waals surface area contributed by atoms with Crippen molar-refractivity contribution >= 4 is 33.4 Å². The molecule has 8 atom stereocenters. The number of nitrogen functional groups attached to an aromatic ring is 1. The molecule has 7 N–H and O–H groups in total. The van der Waals surface area contributed by atoms with Gasteiger partial charge in [0.2, 0.25) is 0 Å². The first-order valence-electron chi connectivity index (χ1n) is 24.7. The molecule has 0 aromatic carbocycles. The van der Waals surface area contributed by atoms with Crippen LogP contribution in [0, 0.1) is 0 Å². The number of hydrogen-bond donors (Lipinski definition) is 6. The van der Waals surface area contributed by atoms with Gasteiger partial charge in [0.1, 0.15) is 30.7 Å². The largest absolute Gasteiger partial charge is 0.481 e. The van der Waals surface area contributed by atoms with Gasteiger partial charge in [-0.3, -0.25) is 23.2 Å². The molecule has 1 aromatic heterocycles. The van der Waals surface area contributed by atoms with E-state index in [0.717, 1.165) is 68.6 Å². The number of hydrogen-bond acceptors (Lipinski definition) is 16. The monoisotopic (exact) mass is 1040 g/mol. The molecule has 2 heterocycles. The molecule has 0 saturated carbocycles. The number of anilines is 1. The summed E-state index contributed by atoms with van der Waals surface area (Å²) in [6.07, 6.45) is 35.6. The number of carbonyl (C=O) groups excluding carboxylic acids is 2. The van der Waals surface area contributed by atoms with E-state index >= 15 is 0 Å². The molecule has 71 heavy (non-hydrogen) atoms. The Bertz CT molecular complexity index is 2040. The Morgan fingerprint density at radius 3 is 2.06 bits per heavy atom. The molecule has 19 nitrogen and oxygen atoms in total. The van der Waals surface area contributed by atoms with Crippen LogP contribution in [-0.4, -0.2) is 96.9 Å². The zero-order valence-electron chi connectivity index (χ0n) is 41.4. The minimum absolute atomic E-state index is 0.00478. The Balaban J connectivity index is 1.86. The predicted molar refractivity (Wildman–Crippen MR) is 271 cm³/mol. The molecule has 1 fully saturated rings. The van der Waals surface area contributed by atoms with Crippen molar-refractivity contribution in [2.24, 2.45) is 0 Å². The highest BCUT2D eigenvalue weighted by atomic mass is 31.3. The van der Waals surface area contributed by atoms with Crippen LogP contribution in [0.3, 0.4) is 0 Å². The fourth-order valence-electron chi connectivity index (χ4n) is 6.70. The second-order valence-electron chi connectivity index (χ2n) is 16.8. The summed E-state index contributed by atoms with van der Waals surface area (Å²) in [6, 6.07) is 1.24. The van der Waals surface area contributed by atoms with E-state index in [1.54, 1.807) is 12.2 Å². The molecule has 0 aliphatic carbocycles. The summed E-state index contributed by atoms with van der Waals surface area (Å²) < 4.78 is 56.6. The fourth-order valence-corrected chi connectivity index (χ4v) is 8.81. The molecule has 400 valence electrons. The van der Waals surface area contributed by atoms with Gasteiger partial charge in [0.05, 0.1) is 19.3 Å². The maximum absolute atomic E-state index is 12.8. The van der Waals surface area contributed by atoms with E-state index in [1.807, 2.05) is 36.5 Å². The molecule has 1 aromatic rings. The third-order valence-electron chi connectivity index (χ3n) is 10.5. The molecule has 0 amide bonds. The number of nitrogens with two attached hydrogens (primary N) is 1. The van der Waals surface area contributed by atoms with Crippen LogP contribution in [0.2, 0.25) is 0 Å². The van der Waals surface area contributed by atoms with Crippen molar-refractivity contribution in [1.82, 2.24) is 9.55 Å². The van der Waals surface area contributed by atoms with Gasteiger partial charge in [0.15, 0.2) is 12.3 Å². The summed E-state index contributed by atoms with van der Waals surface area (Å²) in [5.41, 5.74) is 4.57. The van der Waals surface area contributed by atoms with Gasteiger partial charge in [-0.25, -0.2) is 13.9 Å². The van der Waals surface area contributed by atoms with Gasteiger partial charge in [-0.1, -0.05) is 131 Å². The van der Waals surface area contributed by atoms with E-state index in [0.29, 0.717) is 32.1 Å². The highest BCUT2D eigenvalue weighted by Gasteiger charge is 2.46. The third-order valence-corrected chi connectivity index (χ3v) is 13.1. The maximum Gasteiger partial charge on any atom is 0.481 e. The molecular weight excluding hydrogens is 961 g/mol. The lowest BCUT2D eigenvalue weighted by atomic mass is 10.1. The fraction of sp³-hybridized carbons (Fsp3) is 0.600. The summed E-state index contributed by atoms with van der Waals surface area (Å²) >= 11 is 0. The number of carbonyl (C=O) groups is 2. The lowest BCUT2D eigenvalue weighted by Crippen LogP contribution is -2.36. The molecule has 3 unspecified atom stereocenters. The first kappa shape index (κ1) is 63.0. The maximum atomic E-state index is 12.8. The smallest absolute Gasteiger partial charge is 0.462 e. The summed E-state index contributed by atoms with van der Waals surface area (Å²) in [7, 11) is -10.9. The summed E-state index contributed by atoms with van der Waals surface area (Å²) in [5, 5.41) is 31.0. The number of esters is 2. The first-order chi connectivity index (χ1) is 34.1. The number of ether oxygens (including phenoxy) is 3. The zero-order valence-corrected chi connectivity index (χ0v) is 43.1. The van der Waals surface area contributed by atoms with Crippen molar-refractivity contribution in [3.63, 3.8) is 0 Å². The quantitative estimate of drug-likeness (QED) is 0.0118. The average molecular weight is 1040 g/mol. The summed E-state index contributed by atoms with van der Waals surface area (Å²) in [5.74, 6) is -1.44. The first-order valence-corrected chi connectivity index (χ1v) is 27.7. The van der Waals surface area contributed by atoms with Gasteiger partial charge in [0.25, 0.3) is 0 Å². The average Bonchev–Trinajstić information content (AvgIpc) is 3.60. The van der Waals surface area contributed by atoms with Crippen LogP contribution in [-0.2, 0) is 46.3 Å². The van der Waals surface area contributed by atoms with Gasteiger partial charge in [-0.05, 0) is 83.1 Å². The third kappa shape index (κ3) is 30.5. The number of phosphoric acid groups is 2. The molecular formula is C50H79N3O16P2. The molecule has 2 rings (SSSR count). The number of allylic oxidation sites excluding steroid dienone is 12. The topological polar surface area (TPSA) is 286 Å². The Morgan fingerprint density at radius 2 is 1.37 bits per heavy atom. The van der Waals surface area contributed by atoms with E-state index in [1.165, 1.54) is 25.3 Å². The Hall–Kier alpha value is -4.10. The molecule has 21 heteroatoms. The molecule has 0 spiro atoms. The van der Waals surface area contributed by atoms with Crippen molar-refractivity contribution in [3.05, 3.63) is 108 Å². The molecule has 1 aliphatic heterocycles. The van der Waals surface area contributed by atoms with Gasteiger partial charge in [-0.15, -0.1) is 0 Å². The second-order valence-corrected chi connectivity index (χ2v) is 19.8. The van der Waals surface area contributed by atoms with Gasteiger partial charge in [0, 0.05) is 19.0 Å². The number of aliphatic hydroxyl groups excluding tert-OH is 3. The number of aliphatic hydroxyl groups is 3. The number of aromatic nitrogens is 2. The van der Waals surface area contributed by atoms with Crippen molar-refractivity contribution in [1.29, 1.82) is 0 Å². The molecule has 0 bridgehead atoms. The molecule has 1 aliphatic rings. The second kappa shape index (κ2) is 37.6. The number of phosphoric ester groups is 2. The van der Waals surface area contributed by atoms with Crippen molar-refractivity contribution < 1.29 is 71.4 Å². The standard InChI is InChI=1S/C50H79N3O16P2/c1-3-5-7-9-11-12-13-14-15-16-17-18-23-27-31-35-46(56)67-42(38-64-45(55)34-30-26-22-20-19-21-25-29-33-41(54)32-28-24-10-8-6-4-2)39-65-70(60,61)69-71(62,63)66-40-43-47(57)48(58)49(68-43)53-37-36-44(51)52-50(53)59/h6,8,11-12,14-15,20-22,24-25,28-29,33,36-37,41-43,47-49,54,57-58H,3-5,7,9-10,13,16-19,23,26-27,30-32,34-35,38-40H2,1-2H3,(H,60,61)(H,62,63)(H2,51,52,59)/b8-6-,12-11-,15-14-,22-20-,25-21-,28-24-,33-29+/t41?,42-,43-,47-,48-,49-/m1/s1. The van der Waals surface area contributed by atoms with E-state index < -0.39 is 89.8 Å². The normalized spacial score (nSPS) is 20.3. The van der Waals surface area contributed by atoms with Crippen molar-refractivity contribution in [2.45, 2.75) is 173 Å². The predicted octanol–water partition coefficient (Wildman–Crippen LogP) is 8.86. The van der Waals surface area contributed by atoms with Crippen LogP contribution in [0.4, 0.5) is 5.82 Å². The van der Waals surface area contributed by atoms with Crippen LogP contribution < -0.4 is 11.4 Å². The summed E-state index contributed by atoms with van der Waals surface area (Å²) in [6.45, 7) is 1.85. The Labute approximate surface area is 419 Å². The highest BCUT2D eigenvalue weighted by Crippen LogP contribution is 2.60. The zero-order chi connectivity index (χ0) is 52.2. The van der Waals surface area contributed by atoms with E-state index in [9.17, 15) is 48.6 Å². The molecule has 1 saturated heterocycles. The van der Waals surface area contributed by atoms with Crippen LogP contribution in [0.15, 0.2) is 102 Å². The Kier molecular flexibility index (Phi) is 33.4. The van der Waals surface area contributed by atoms with Gasteiger partial charge >= 0.3 is 33.3 Å². The van der Waals surface area contributed by atoms with E-state index in [2.05, 4.69) is 59.6 Å². The van der Waals surface area contributed by atoms with Gasteiger partial charge in [-0.2, -0.15) is 9.29 Å². The van der Waals surface area contributed by atoms with E-state index in [-0.39, 0.29) is 18.7 Å². The van der Waals surface area contributed by atoms with Gasteiger partial charge < -0.3 is 45.1 Å². The minimum Gasteiger partial charge on any atom is -0.462 e. The lowest BCUT2D eigenvalue weighted by Gasteiger charge is -2.21. The lowest BCUT2D eigenvalue weighted by molar-refractivity contribution is -0.161. The van der Waals surface area contributed by atoms with Crippen molar-refractivity contribution in [2.75, 3.05) is 25.6 Å². The van der Waals surface area contributed by atoms with Crippen LogP contribution >= 0.6 is 15.6 Å². The number of rotatable bonds is 39. The van der Waals surface area contributed by atoms with Crippen LogP contribution in [0.1, 0.15) is 142 Å². The number of unbranched alkanes of at least 4 members (excludes halogenated alkanes) is 9. The van der Waals surface area contributed by atoms with Crippen LogP contribution in [0.5, 0.6) is 0 Å². The minimum atomic E-state index is -5.45. The number of nitrogens with zero attached hydrogens (tertiary/aromatic N) is 2. The molecule has 0 radical (unpaired) electrons. The SMILES string of the molecule is CC/C=C\C/C=C\CC(O)/C=C/C=C\C/C=C\CCCC(=O)OC[C@H](COP(=O)(O)OP(=O)(O)OC[C@H]1O[C@@H](n2ccc(N)nc2=O)[C@H](O)[C@@H]1O)OC(=O)CCCCCCC/C=C\C/C=C\CCCCC.